The number of hydrogen-bond donors (Lipinski definition) is 1. The highest BCUT2D eigenvalue weighted by molar-refractivity contribution is 5.97. The zero-order chi connectivity index (χ0) is 14.1. The van der Waals surface area contributed by atoms with Crippen LogP contribution in [0.5, 0.6) is 0 Å². The first-order valence-corrected chi connectivity index (χ1v) is 7.86. The molecule has 0 aromatic heterocycles. The predicted molar refractivity (Wildman–Crippen MR) is 81.7 cm³/mol. The monoisotopic (exact) mass is 272 g/mol. The molecule has 1 aliphatic heterocycles. The van der Waals surface area contributed by atoms with Crippen molar-refractivity contribution in [1.82, 2.24) is 5.32 Å². The smallest absolute Gasteiger partial charge is 0.230 e. The number of fused-ring (bicyclic) bond motifs is 1. The highest BCUT2D eigenvalue weighted by atomic mass is 16.2. The summed E-state index contributed by atoms with van der Waals surface area (Å²) in [6, 6.07) is 8.78. The molecule has 3 heteroatoms. The fourth-order valence-corrected chi connectivity index (χ4v) is 3.31. The molecule has 1 aromatic carbocycles. The number of amides is 1. The number of carbonyl (C=O) groups excluding carboxylic acids is 1. The number of nitrogens with zero attached hydrogens (tertiary/aromatic N) is 1. The van der Waals surface area contributed by atoms with Crippen LogP contribution in [0.2, 0.25) is 0 Å². The van der Waals surface area contributed by atoms with Gasteiger partial charge in [-0.15, -0.1) is 0 Å². The van der Waals surface area contributed by atoms with E-state index in [1.165, 1.54) is 5.56 Å². The van der Waals surface area contributed by atoms with Gasteiger partial charge in [0.05, 0.1) is 0 Å². The van der Waals surface area contributed by atoms with E-state index < -0.39 is 0 Å². The lowest BCUT2D eigenvalue weighted by atomic mass is 10.0. The second-order valence-corrected chi connectivity index (χ2v) is 6.12. The summed E-state index contributed by atoms with van der Waals surface area (Å²) >= 11 is 0. The van der Waals surface area contributed by atoms with Crippen LogP contribution in [0.1, 0.15) is 44.7 Å². The van der Waals surface area contributed by atoms with E-state index in [9.17, 15) is 4.79 Å². The Morgan fingerprint density at radius 3 is 2.85 bits per heavy atom. The third-order valence-corrected chi connectivity index (χ3v) is 4.62. The number of hydrogen-bond acceptors (Lipinski definition) is 2. The van der Waals surface area contributed by atoms with Crippen molar-refractivity contribution < 1.29 is 4.79 Å². The van der Waals surface area contributed by atoms with Crippen molar-refractivity contribution in [3.63, 3.8) is 0 Å². The lowest BCUT2D eigenvalue weighted by molar-refractivity contribution is -0.120. The molecule has 3 nitrogen and oxygen atoms in total. The number of benzene rings is 1. The SMILES string of the molecule is CCNC1CCCN(C(=O)C2CC2C)c2ccccc21. The van der Waals surface area contributed by atoms with Crippen molar-refractivity contribution in [3.05, 3.63) is 29.8 Å². The van der Waals surface area contributed by atoms with Gasteiger partial charge in [-0.3, -0.25) is 4.79 Å². The Bertz CT molecular complexity index is 500. The van der Waals surface area contributed by atoms with Crippen LogP contribution in [-0.4, -0.2) is 19.0 Å². The highest BCUT2D eigenvalue weighted by Gasteiger charge is 2.42. The lowest BCUT2D eigenvalue weighted by Gasteiger charge is -2.24. The van der Waals surface area contributed by atoms with Gasteiger partial charge in [0.1, 0.15) is 0 Å². The summed E-state index contributed by atoms with van der Waals surface area (Å²) in [5.74, 6) is 1.17. The summed E-state index contributed by atoms with van der Waals surface area (Å²) < 4.78 is 0. The van der Waals surface area contributed by atoms with Crippen LogP contribution in [0.25, 0.3) is 0 Å². The van der Waals surface area contributed by atoms with Crippen LogP contribution in [-0.2, 0) is 4.79 Å². The Morgan fingerprint density at radius 2 is 2.15 bits per heavy atom. The first-order chi connectivity index (χ1) is 9.72. The van der Waals surface area contributed by atoms with Crippen LogP contribution in [0.15, 0.2) is 24.3 Å². The average molecular weight is 272 g/mol. The van der Waals surface area contributed by atoms with Gasteiger partial charge < -0.3 is 10.2 Å². The van der Waals surface area contributed by atoms with Crippen molar-refractivity contribution in [2.24, 2.45) is 11.8 Å². The van der Waals surface area contributed by atoms with Crippen molar-refractivity contribution in [2.75, 3.05) is 18.0 Å². The molecule has 108 valence electrons. The van der Waals surface area contributed by atoms with Crippen LogP contribution >= 0.6 is 0 Å². The van der Waals surface area contributed by atoms with Gasteiger partial charge in [0.15, 0.2) is 0 Å². The van der Waals surface area contributed by atoms with Gasteiger partial charge >= 0.3 is 0 Å². The topological polar surface area (TPSA) is 32.3 Å². The number of para-hydroxylation sites is 1. The standard InChI is InChI=1S/C17H24N2O/c1-3-18-15-8-6-10-19(17(20)14-11-12(14)2)16-9-5-4-7-13(15)16/h4-5,7,9,12,14-15,18H,3,6,8,10-11H2,1-2H3. The Morgan fingerprint density at radius 1 is 1.40 bits per heavy atom. The molecule has 1 aliphatic carbocycles. The molecule has 1 aromatic rings. The largest absolute Gasteiger partial charge is 0.312 e. The fourth-order valence-electron chi connectivity index (χ4n) is 3.31. The number of carbonyl (C=O) groups is 1. The molecule has 3 atom stereocenters. The van der Waals surface area contributed by atoms with Crippen LogP contribution in [0.3, 0.4) is 0 Å². The third-order valence-electron chi connectivity index (χ3n) is 4.62. The van der Waals surface area contributed by atoms with Gasteiger partial charge in [-0.2, -0.15) is 0 Å². The van der Waals surface area contributed by atoms with Gasteiger partial charge in [-0.25, -0.2) is 0 Å². The first kappa shape index (κ1) is 13.6. The number of nitrogens with one attached hydrogen (secondary N) is 1. The normalized spacial score (nSPS) is 28.7. The van der Waals surface area contributed by atoms with Gasteiger partial charge in [0.25, 0.3) is 0 Å². The van der Waals surface area contributed by atoms with E-state index >= 15 is 0 Å². The highest BCUT2D eigenvalue weighted by Crippen LogP contribution is 2.42. The molecule has 0 spiro atoms. The Labute approximate surface area is 121 Å². The zero-order valence-electron chi connectivity index (χ0n) is 12.4. The summed E-state index contributed by atoms with van der Waals surface area (Å²) in [5, 5.41) is 3.56. The minimum absolute atomic E-state index is 0.263. The molecule has 3 rings (SSSR count). The molecule has 1 fully saturated rings. The average Bonchev–Trinajstić information content (AvgIpc) is 3.21. The predicted octanol–water partition coefficient (Wildman–Crippen LogP) is 3.12. The minimum atomic E-state index is 0.263. The fraction of sp³-hybridized carbons (Fsp3) is 0.588. The van der Waals surface area contributed by atoms with E-state index in [2.05, 4.69) is 37.4 Å². The van der Waals surface area contributed by atoms with Crippen molar-refractivity contribution in [2.45, 2.75) is 39.2 Å². The van der Waals surface area contributed by atoms with Gasteiger partial charge in [0, 0.05) is 24.2 Å². The van der Waals surface area contributed by atoms with Crippen LogP contribution in [0.4, 0.5) is 5.69 Å². The zero-order valence-corrected chi connectivity index (χ0v) is 12.4. The molecule has 1 N–H and O–H groups in total. The second-order valence-electron chi connectivity index (χ2n) is 6.12. The van der Waals surface area contributed by atoms with Gasteiger partial charge in [0.2, 0.25) is 5.91 Å². The van der Waals surface area contributed by atoms with Crippen molar-refractivity contribution >= 4 is 11.6 Å². The summed E-state index contributed by atoms with van der Waals surface area (Å²) in [4.78, 5) is 14.7. The maximum Gasteiger partial charge on any atom is 0.230 e. The van der Waals surface area contributed by atoms with Crippen molar-refractivity contribution in [3.8, 4) is 0 Å². The lowest BCUT2D eigenvalue weighted by Crippen LogP contribution is -2.33. The van der Waals surface area contributed by atoms with E-state index in [0.29, 0.717) is 17.9 Å². The molecular formula is C17H24N2O. The van der Waals surface area contributed by atoms with Gasteiger partial charge in [-0.05, 0) is 43.4 Å². The second kappa shape index (κ2) is 5.57. The summed E-state index contributed by atoms with van der Waals surface area (Å²) in [6.45, 7) is 6.14. The molecule has 1 heterocycles. The molecule has 0 bridgehead atoms. The molecule has 20 heavy (non-hydrogen) atoms. The molecule has 0 saturated heterocycles. The Hall–Kier alpha value is -1.35. The van der Waals surface area contributed by atoms with Crippen molar-refractivity contribution in [1.29, 1.82) is 0 Å². The molecule has 0 radical (unpaired) electrons. The summed E-state index contributed by atoms with van der Waals surface area (Å²) in [5.41, 5.74) is 2.41. The summed E-state index contributed by atoms with van der Waals surface area (Å²) in [6.07, 6.45) is 3.24. The van der Waals surface area contributed by atoms with E-state index in [0.717, 1.165) is 38.0 Å². The van der Waals surface area contributed by atoms with E-state index in [-0.39, 0.29) is 5.92 Å². The maximum atomic E-state index is 12.7. The number of rotatable bonds is 3. The molecular weight excluding hydrogens is 248 g/mol. The summed E-state index contributed by atoms with van der Waals surface area (Å²) in [7, 11) is 0. The molecule has 3 unspecified atom stereocenters. The molecule has 2 aliphatic rings. The Kier molecular flexibility index (Phi) is 3.79. The molecule has 1 saturated carbocycles. The van der Waals surface area contributed by atoms with E-state index in [4.69, 9.17) is 0 Å². The minimum Gasteiger partial charge on any atom is -0.312 e. The maximum absolute atomic E-state index is 12.7. The number of anilines is 1. The first-order valence-electron chi connectivity index (χ1n) is 7.86. The quantitative estimate of drug-likeness (QED) is 0.917. The van der Waals surface area contributed by atoms with Crippen LogP contribution in [0, 0.1) is 11.8 Å². The van der Waals surface area contributed by atoms with E-state index in [1.54, 1.807) is 0 Å². The Balaban J connectivity index is 1.91. The van der Waals surface area contributed by atoms with Gasteiger partial charge in [-0.1, -0.05) is 32.0 Å². The van der Waals surface area contributed by atoms with Crippen LogP contribution < -0.4 is 10.2 Å². The molecule has 1 amide bonds. The third kappa shape index (κ3) is 2.47. The van der Waals surface area contributed by atoms with E-state index in [1.807, 2.05) is 11.0 Å².